The average Bonchev–Trinajstić information content (AvgIpc) is 3.50. The van der Waals surface area contributed by atoms with Gasteiger partial charge in [0.1, 0.15) is 17.2 Å². The maximum Gasteiger partial charge on any atom is 0.341 e. The van der Waals surface area contributed by atoms with Crippen LogP contribution in [0.25, 0.3) is 0 Å². The van der Waals surface area contributed by atoms with Crippen molar-refractivity contribution in [2.75, 3.05) is 25.6 Å². The van der Waals surface area contributed by atoms with E-state index in [4.69, 9.17) is 19.3 Å². The maximum absolute atomic E-state index is 12.8. The number of amides is 1. The summed E-state index contributed by atoms with van der Waals surface area (Å²) in [4.78, 5) is 23.4. The zero-order valence-corrected chi connectivity index (χ0v) is 15.9. The van der Waals surface area contributed by atoms with Gasteiger partial charge in [-0.3, -0.25) is 4.79 Å². The monoisotopic (exact) mass is 385 g/mol. The van der Waals surface area contributed by atoms with E-state index in [9.17, 15) is 9.59 Å². The molecule has 7 nitrogen and oxygen atoms in total. The minimum Gasteiger partial charge on any atom is -0.497 e. The van der Waals surface area contributed by atoms with Crippen molar-refractivity contribution in [2.45, 2.75) is 19.8 Å². The summed E-state index contributed by atoms with van der Waals surface area (Å²) in [6.45, 7) is 1.97. The largest absolute Gasteiger partial charge is 0.497 e. The SMILES string of the molecule is COc1ccc(C(=O)Nc2ccc(OCC(=O)O)cc2C)c(OCC2CC2)c1. The van der Waals surface area contributed by atoms with Gasteiger partial charge < -0.3 is 24.6 Å². The molecular weight excluding hydrogens is 362 g/mol. The van der Waals surface area contributed by atoms with Crippen molar-refractivity contribution in [3.63, 3.8) is 0 Å². The normalized spacial score (nSPS) is 12.9. The number of aliphatic carboxylic acids is 1. The molecule has 148 valence electrons. The van der Waals surface area contributed by atoms with Crippen LogP contribution >= 0.6 is 0 Å². The van der Waals surface area contributed by atoms with Crippen LogP contribution < -0.4 is 19.5 Å². The number of carbonyl (C=O) groups is 2. The molecule has 0 heterocycles. The van der Waals surface area contributed by atoms with Gasteiger partial charge in [0.15, 0.2) is 6.61 Å². The van der Waals surface area contributed by atoms with Gasteiger partial charge in [-0.1, -0.05) is 0 Å². The van der Waals surface area contributed by atoms with Crippen LogP contribution in [-0.2, 0) is 4.79 Å². The first-order valence-corrected chi connectivity index (χ1v) is 9.03. The lowest BCUT2D eigenvalue weighted by atomic mass is 10.1. The second-order valence-corrected chi connectivity index (χ2v) is 6.73. The Kier molecular flexibility index (Phi) is 6.03. The first-order valence-electron chi connectivity index (χ1n) is 9.03. The summed E-state index contributed by atoms with van der Waals surface area (Å²) in [5.74, 6) is 0.754. The molecule has 0 atom stereocenters. The van der Waals surface area contributed by atoms with Gasteiger partial charge in [-0.2, -0.15) is 0 Å². The fraction of sp³-hybridized carbons (Fsp3) is 0.333. The highest BCUT2D eigenvalue weighted by Gasteiger charge is 2.23. The molecule has 0 saturated heterocycles. The Morgan fingerprint density at radius 2 is 1.86 bits per heavy atom. The summed E-state index contributed by atoms with van der Waals surface area (Å²) in [5, 5.41) is 11.6. The highest BCUT2D eigenvalue weighted by atomic mass is 16.5. The van der Waals surface area contributed by atoms with E-state index in [1.807, 2.05) is 6.92 Å². The number of carboxylic acids is 1. The molecule has 0 aliphatic heterocycles. The van der Waals surface area contributed by atoms with Gasteiger partial charge in [-0.15, -0.1) is 0 Å². The number of carbonyl (C=O) groups excluding carboxylic acids is 1. The van der Waals surface area contributed by atoms with Gasteiger partial charge in [0, 0.05) is 11.8 Å². The van der Waals surface area contributed by atoms with Crippen LogP contribution in [-0.4, -0.2) is 37.3 Å². The number of nitrogens with one attached hydrogen (secondary N) is 1. The fourth-order valence-corrected chi connectivity index (χ4v) is 2.63. The molecule has 0 aromatic heterocycles. The zero-order valence-electron chi connectivity index (χ0n) is 15.9. The first-order chi connectivity index (χ1) is 13.5. The lowest BCUT2D eigenvalue weighted by Crippen LogP contribution is -2.15. The summed E-state index contributed by atoms with van der Waals surface area (Å²) >= 11 is 0. The molecule has 2 aromatic carbocycles. The van der Waals surface area contributed by atoms with Crippen LogP contribution in [0.2, 0.25) is 0 Å². The van der Waals surface area contributed by atoms with Gasteiger partial charge in [0.25, 0.3) is 5.91 Å². The number of aryl methyl sites for hydroxylation is 1. The standard InChI is InChI=1S/C21H23NO6/c1-13-9-16(27-12-20(23)24)6-8-18(13)22-21(25)17-7-5-15(26-2)10-19(17)28-11-14-3-4-14/h5-10,14H,3-4,11-12H2,1-2H3,(H,22,25)(H,23,24). The van der Waals surface area contributed by atoms with Crippen LogP contribution in [0, 0.1) is 12.8 Å². The Morgan fingerprint density at radius 3 is 2.50 bits per heavy atom. The van der Waals surface area contributed by atoms with Crippen LogP contribution in [0.4, 0.5) is 5.69 Å². The third-order valence-corrected chi connectivity index (χ3v) is 4.41. The molecule has 3 rings (SSSR count). The predicted octanol–water partition coefficient (Wildman–Crippen LogP) is 3.51. The molecule has 0 bridgehead atoms. The Hall–Kier alpha value is -3.22. The molecule has 2 N–H and O–H groups in total. The summed E-state index contributed by atoms with van der Waals surface area (Å²) in [5.41, 5.74) is 1.79. The predicted molar refractivity (Wildman–Crippen MR) is 103 cm³/mol. The molecular formula is C21H23NO6. The number of hydrogen-bond acceptors (Lipinski definition) is 5. The maximum atomic E-state index is 12.8. The number of carboxylic acid groups (broad SMARTS) is 1. The van der Waals surface area contributed by atoms with E-state index in [2.05, 4.69) is 5.32 Å². The van der Waals surface area contributed by atoms with Crippen molar-refractivity contribution >= 4 is 17.6 Å². The minimum atomic E-state index is -1.05. The van der Waals surface area contributed by atoms with Gasteiger partial charge >= 0.3 is 5.97 Å². The van der Waals surface area contributed by atoms with Crippen LogP contribution in [0.15, 0.2) is 36.4 Å². The molecule has 1 aliphatic rings. The number of rotatable bonds is 9. The quantitative estimate of drug-likeness (QED) is 0.686. The molecule has 28 heavy (non-hydrogen) atoms. The highest BCUT2D eigenvalue weighted by molar-refractivity contribution is 6.06. The summed E-state index contributed by atoms with van der Waals surface area (Å²) in [6, 6.07) is 10.1. The second kappa shape index (κ2) is 8.65. The third-order valence-electron chi connectivity index (χ3n) is 4.41. The first kappa shape index (κ1) is 19.5. The molecule has 0 spiro atoms. The summed E-state index contributed by atoms with van der Waals surface area (Å²) in [7, 11) is 1.57. The molecule has 0 unspecified atom stereocenters. The molecule has 0 radical (unpaired) electrons. The van der Waals surface area contributed by atoms with Crippen LogP contribution in [0.5, 0.6) is 17.2 Å². The highest BCUT2D eigenvalue weighted by Crippen LogP contribution is 2.32. The van der Waals surface area contributed by atoms with Crippen LogP contribution in [0.3, 0.4) is 0 Å². The van der Waals surface area contributed by atoms with E-state index in [0.717, 1.165) is 18.4 Å². The van der Waals surface area contributed by atoms with E-state index in [-0.39, 0.29) is 5.91 Å². The molecule has 1 fully saturated rings. The average molecular weight is 385 g/mol. The Labute approximate surface area is 163 Å². The number of anilines is 1. The fourth-order valence-electron chi connectivity index (χ4n) is 2.63. The molecule has 2 aromatic rings. The van der Waals surface area contributed by atoms with E-state index in [0.29, 0.717) is 41.0 Å². The van der Waals surface area contributed by atoms with Gasteiger partial charge in [0.05, 0.1) is 19.3 Å². The van der Waals surface area contributed by atoms with Gasteiger partial charge in [-0.05, 0) is 61.6 Å². The van der Waals surface area contributed by atoms with Crippen molar-refractivity contribution < 1.29 is 28.9 Å². The van der Waals surface area contributed by atoms with E-state index >= 15 is 0 Å². The Morgan fingerprint density at radius 1 is 1.11 bits per heavy atom. The van der Waals surface area contributed by atoms with Crippen molar-refractivity contribution in [3.05, 3.63) is 47.5 Å². The van der Waals surface area contributed by atoms with E-state index in [1.165, 1.54) is 0 Å². The smallest absolute Gasteiger partial charge is 0.341 e. The second-order valence-electron chi connectivity index (χ2n) is 6.73. The number of ether oxygens (including phenoxy) is 3. The number of benzene rings is 2. The van der Waals surface area contributed by atoms with E-state index < -0.39 is 12.6 Å². The van der Waals surface area contributed by atoms with Gasteiger partial charge in [0.2, 0.25) is 0 Å². The number of hydrogen-bond donors (Lipinski definition) is 2. The Balaban J connectivity index is 1.73. The molecule has 1 saturated carbocycles. The summed E-state index contributed by atoms with van der Waals surface area (Å²) in [6.07, 6.45) is 2.31. The molecule has 1 aliphatic carbocycles. The minimum absolute atomic E-state index is 0.296. The van der Waals surface area contributed by atoms with Crippen molar-refractivity contribution in [2.24, 2.45) is 5.92 Å². The molecule has 7 heteroatoms. The third kappa shape index (κ3) is 5.16. The lowest BCUT2D eigenvalue weighted by Gasteiger charge is -2.14. The summed E-state index contributed by atoms with van der Waals surface area (Å²) < 4.78 is 16.2. The van der Waals surface area contributed by atoms with Crippen molar-refractivity contribution in [1.29, 1.82) is 0 Å². The zero-order chi connectivity index (χ0) is 20.1. The topological polar surface area (TPSA) is 94.1 Å². The van der Waals surface area contributed by atoms with Gasteiger partial charge in [-0.25, -0.2) is 4.79 Å². The number of methoxy groups -OCH3 is 1. The van der Waals surface area contributed by atoms with E-state index in [1.54, 1.807) is 43.5 Å². The van der Waals surface area contributed by atoms with Crippen molar-refractivity contribution in [3.8, 4) is 17.2 Å². The van der Waals surface area contributed by atoms with Crippen LogP contribution in [0.1, 0.15) is 28.8 Å². The van der Waals surface area contributed by atoms with Crippen molar-refractivity contribution in [1.82, 2.24) is 0 Å². The molecule has 1 amide bonds. The lowest BCUT2D eigenvalue weighted by molar-refractivity contribution is -0.139. The Bertz CT molecular complexity index is 875.